The molecule has 8 heteroatoms. The molecule has 26 heavy (non-hydrogen) atoms. The Balaban J connectivity index is 1.36. The van der Waals surface area contributed by atoms with Gasteiger partial charge in [0.25, 0.3) is 5.89 Å². The highest BCUT2D eigenvalue weighted by Crippen LogP contribution is 2.53. The SMILES string of the molecule is COc1ccc(-c2nnc(N[C@@H](C)C(=O)N3CCC4(CC3)CC4)o2)cn1. The number of pyridine rings is 1. The smallest absolute Gasteiger partial charge is 0.316 e. The van der Waals surface area contributed by atoms with Crippen molar-refractivity contribution < 1.29 is 13.9 Å². The molecule has 2 aliphatic rings. The Kier molecular flexibility index (Phi) is 4.26. The van der Waals surface area contributed by atoms with E-state index >= 15 is 0 Å². The number of carbonyl (C=O) groups is 1. The highest BCUT2D eigenvalue weighted by atomic mass is 16.5. The maximum absolute atomic E-state index is 12.6. The maximum Gasteiger partial charge on any atom is 0.316 e. The minimum absolute atomic E-state index is 0.0753. The summed E-state index contributed by atoms with van der Waals surface area (Å²) in [6.07, 6.45) is 6.51. The van der Waals surface area contributed by atoms with Gasteiger partial charge < -0.3 is 19.4 Å². The first kappa shape index (κ1) is 16.8. The van der Waals surface area contributed by atoms with E-state index in [4.69, 9.17) is 9.15 Å². The number of hydrogen-bond acceptors (Lipinski definition) is 7. The van der Waals surface area contributed by atoms with Gasteiger partial charge in [0.2, 0.25) is 11.8 Å². The molecule has 1 spiro atoms. The molecule has 0 bridgehead atoms. The molecular formula is C18H23N5O3. The first-order valence-electron chi connectivity index (χ1n) is 8.98. The summed E-state index contributed by atoms with van der Waals surface area (Å²) in [6.45, 7) is 3.51. The lowest BCUT2D eigenvalue weighted by molar-refractivity contribution is -0.133. The summed E-state index contributed by atoms with van der Waals surface area (Å²) < 4.78 is 10.6. The molecule has 0 aromatic carbocycles. The number of piperidine rings is 1. The van der Waals surface area contributed by atoms with Crippen LogP contribution in [-0.4, -0.2) is 52.2 Å². The van der Waals surface area contributed by atoms with Gasteiger partial charge in [0, 0.05) is 25.4 Å². The molecule has 138 valence electrons. The number of rotatable bonds is 5. The molecule has 1 N–H and O–H groups in total. The van der Waals surface area contributed by atoms with Crippen molar-refractivity contribution >= 4 is 11.9 Å². The number of nitrogens with one attached hydrogen (secondary N) is 1. The molecule has 2 fully saturated rings. The number of carbonyl (C=O) groups excluding carboxylic acids is 1. The summed E-state index contributed by atoms with van der Waals surface area (Å²) >= 11 is 0. The van der Waals surface area contributed by atoms with Crippen LogP contribution in [0.1, 0.15) is 32.6 Å². The zero-order valence-corrected chi connectivity index (χ0v) is 15.1. The minimum atomic E-state index is -0.412. The average molecular weight is 357 g/mol. The van der Waals surface area contributed by atoms with Crippen LogP contribution in [0.4, 0.5) is 6.01 Å². The minimum Gasteiger partial charge on any atom is -0.481 e. The molecule has 0 unspecified atom stereocenters. The Bertz CT molecular complexity index is 774. The number of ether oxygens (including phenoxy) is 1. The van der Waals surface area contributed by atoms with E-state index in [9.17, 15) is 4.79 Å². The Morgan fingerprint density at radius 3 is 2.65 bits per heavy atom. The summed E-state index contributed by atoms with van der Waals surface area (Å²) in [7, 11) is 1.56. The first-order chi connectivity index (χ1) is 12.6. The fourth-order valence-corrected chi connectivity index (χ4v) is 3.42. The second kappa shape index (κ2) is 6.59. The van der Waals surface area contributed by atoms with E-state index in [1.807, 2.05) is 11.8 Å². The van der Waals surface area contributed by atoms with Crippen molar-refractivity contribution in [1.82, 2.24) is 20.1 Å². The van der Waals surface area contributed by atoms with Gasteiger partial charge in [0.1, 0.15) is 6.04 Å². The maximum atomic E-state index is 12.6. The van der Waals surface area contributed by atoms with Gasteiger partial charge in [-0.1, -0.05) is 5.10 Å². The van der Waals surface area contributed by atoms with Crippen molar-refractivity contribution in [2.45, 2.75) is 38.6 Å². The molecule has 4 rings (SSSR count). The predicted octanol–water partition coefficient (Wildman–Crippen LogP) is 2.34. The van der Waals surface area contributed by atoms with E-state index < -0.39 is 6.04 Å². The number of hydrogen-bond donors (Lipinski definition) is 1. The molecular weight excluding hydrogens is 334 g/mol. The summed E-state index contributed by atoms with van der Waals surface area (Å²) in [5.74, 6) is 0.933. The van der Waals surface area contributed by atoms with Gasteiger partial charge in [-0.25, -0.2) is 4.98 Å². The van der Waals surface area contributed by atoms with Crippen LogP contribution in [0.15, 0.2) is 22.7 Å². The number of aromatic nitrogens is 3. The van der Waals surface area contributed by atoms with Crippen molar-refractivity contribution in [1.29, 1.82) is 0 Å². The Labute approximate surface area is 151 Å². The van der Waals surface area contributed by atoms with Crippen LogP contribution in [0, 0.1) is 5.41 Å². The number of nitrogens with zero attached hydrogens (tertiary/aromatic N) is 4. The Morgan fingerprint density at radius 2 is 2.04 bits per heavy atom. The van der Waals surface area contributed by atoms with Crippen LogP contribution in [0.2, 0.25) is 0 Å². The largest absolute Gasteiger partial charge is 0.481 e. The molecule has 0 radical (unpaired) electrons. The lowest BCUT2D eigenvalue weighted by Gasteiger charge is -2.33. The normalized spacial score (nSPS) is 19.2. The van der Waals surface area contributed by atoms with Crippen molar-refractivity contribution in [3.63, 3.8) is 0 Å². The highest BCUT2D eigenvalue weighted by molar-refractivity contribution is 5.83. The fraction of sp³-hybridized carbons (Fsp3) is 0.556. The number of methoxy groups -OCH3 is 1. The van der Waals surface area contributed by atoms with Gasteiger partial charge in [-0.2, -0.15) is 0 Å². The summed E-state index contributed by atoms with van der Waals surface area (Å²) in [5, 5.41) is 11.0. The van der Waals surface area contributed by atoms with E-state index in [2.05, 4.69) is 20.5 Å². The van der Waals surface area contributed by atoms with E-state index in [-0.39, 0.29) is 11.9 Å². The zero-order valence-electron chi connectivity index (χ0n) is 15.1. The lowest BCUT2D eigenvalue weighted by Crippen LogP contribution is -2.45. The van der Waals surface area contributed by atoms with Crippen LogP contribution in [0.5, 0.6) is 5.88 Å². The van der Waals surface area contributed by atoms with Gasteiger partial charge in [-0.05, 0) is 44.1 Å². The molecule has 1 saturated heterocycles. The second-order valence-corrected chi connectivity index (χ2v) is 7.19. The van der Waals surface area contributed by atoms with Gasteiger partial charge in [0.05, 0.1) is 12.7 Å². The third kappa shape index (κ3) is 3.36. The molecule has 8 nitrogen and oxygen atoms in total. The molecule has 3 heterocycles. The fourth-order valence-electron chi connectivity index (χ4n) is 3.42. The highest BCUT2D eigenvalue weighted by Gasteiger charge is 2.45. The standard InChI is InChI=1S/C18H23N5O3/c1-12(16(24)23-9-7-18(5-6-18)8-10-23)20-17-22-21-15(26-17)13-3-4-14(25-2)19-11-13/h3-4,11-12H,5-10H2,1-2H3,(H,20,22)/t12-/m0/s1. The zero-order chi connectivity index (χ0) is 18.1. The molecule has 2 aromatic rings. The average Bonchev–Trinajstić information content (AvgIpc) is 3.26. The van der Waals surface area contributed by atoms with Crippen LogP contribution >= 0.6 is 0 Å². The molecule has 1 amide bonds. The van der Waals surface area contributed by atoms with Crippen molar-refractivity contribution in [2.24, 2.45) is 5.41 Å². The van der Waals surface area contributed by atoms with Crippen molar-refractivity contribution in [3.05, 3.63) is 18.3 Å². The Morgan fingerprint density at radius 1 is 1.27 bits per heavy atom. The van der Waals surface area contributed by atoms with Gasteiger partial charge in [-0.3, -0.25) is 4.79 Å². The summed E-state index contributed by atoms with van der Waals surface area (Å²) in [5.41, 5.74) is 1.25. The van der Waals surface area contributed by atoms with E-state index in [1.165, 1.54) is 12.8 Å². The van der Waals surface area contributed by atoms with Crippen molar-refractivity contribution in [3.8, 4) is 17.3 Å². The molecule has 1 atom stereocenters. The Hall–Kier alpha value is -2.64. The van der Waals surface area contributed by atoms with E-state index in [0.717, 1.165) is 25.9 Å². The van der Waals surface area contributed by atoms with Crippen LogP contribution in [0.25, 0.3) is 11.5 Å². The van der Waals surface area contributed by atoms with E-state index in [0.29, 0.717) is 22.7 Å². The third-order valence-electron chi connectivity index (χ3n) is 5.42. The monoisotopic (exact) mass is 357 g/mol. The van der Waals surface area contributed by atoms with Crippen LogP contribution < -0.4 is 10.1 Å². The van der Waals surface area contributed by atoms with Gasteiger partial charge >= 0.3 is 6.01 Å². The van der Waals surface area contributed by atoms with Crippen LogP contribution in [-0.2, 0) is 4.79 Å². The number of likely N-dealkylation sites (tertiary alicyclic amines) is 1. The first-order valence-corrected chi connectivity index (χ1v) is 8.98. The molecule has 1 saturated carbocycles. The molecule has 1 aliphatic carbocycles. The topological polar surface area (TPSA) is 93.4 Å². The van der Waals surface area contributed by atoms with E-state index in [1.54, 1.807) is 25.4 Å². The molecule has 1 aliphatic heterocycles. The molecule has 2 aromatic heterocycles. The van der Waals surface area contributed by atoms with Crippen molar-refractivity contribution in [2.75, 3.05) is 25.5 Å². The second-order valence-electron chi connectivity index (χ2n) is 7.19. The van der Waals surface area contributed by atoms with Gasteiger partial charge in [0.15, 0.2) is 0 Å². The third-order valence-corrected chi connectivity index (χ3v) is 5.42. The number of anilines is 1. The predicted molar refractivity (Wildman–Crippen MR) is 94.6 cm³/mol. The summed E-state index contributed by atoms with van der Waals surface area (Å²) in [4.78, 5) is 18.7. The lowest BCUT2D eigenvalue weighted by atomic mass is 9.93. The quantitative estimate of drug-likeness (QED) is 0.878. The van der Waals surface area contributed by atoms with Gasteiger partial charge in [-0.15, -0.1) is 5.10 Å². The van der Waals surface area contributed by atoms with Crippen LogP contribution in [0.3, 0.4) is 0 Å². The summed E-state index contributed by atoms with van der Waals surface area (Å²) in [6, 6.07) is 3.33. The number of amides is 1.